The van der Waals surface area contributed by atoms with Gasteiger partial charge in [-0.1, -0.05) is 12.1 Å². The highest BCUT2D eigenvalue weighted by atomic mass is 32.2. The molecule has 0 heterocycles. The average Bonchev–Trinajstić information content (AvgIpc) is 2.24. The lowest BCUT2D eigenvalue weighted by Gasteiger charge is -2.21. The summed E-state index contributed by atoms with van der Waals surface area (Å²) in [4.78, 5) is -0.799. The van der Waals surface area contributed by atoms with Crippen LogP contribution in [0.5, 0.6) is 0 Å². The van der Waals surface area contributed by atoms with Gasteiger partial charge in [-0.15, -0.1) is 0 Å². The van der Waals surface area contributed by atoms with Crippen molar-refractivity contribution < 1.29 is 21.6 Å². The summed E-state index contributed by atoms with van der Waals surface area (Å²) in [5.74, 6) is 0. The molecular formula is C11H15F3N2O2S. The molecule has 1 aromatic carbocycles. The molecule has 108 valence electrons. The number of hydrogen-bond donors (Lipinski definition) is 2. The Kier molecular flexibility index (Phi) is 4.16. The molecule has 0 amide bonds. The molecule has 0 saturated carbocycles. The number of benzene rings is 1. The molecule has 1 aromatic rings. The Morgan fingerprint density at radius 1 is 1.21 bits per heavy atom. The molecule has 8 heteroatoms. The Morgan fingerprint density at radius 2 is 1.74 bits per heavy atom. The fourth-order valence-corrected chi connectivity index (χ4v) is 2.23. The van der Waals surface area contributed by atoms with E-state index >= 15 is 0 Å². The maximum atomic E-state index is 12.5. The summed E-state index contributed by atoms with van der Waals surface area (Å²) < 4.78 is 60.4. The Balaban J connectivity index is 3.18. The Hall–Kier alpha value is -1.28. The molecule has 0 atom stereocenters. The summed E-state index contributed by atoms with van der Waals surface area (Å²) in [6, 6.07) is 4.86. The Labute approximate surface area is 109 Å². The van der Waals surface area contributed by atoms with E-state index in [9.17, 15) is 21.6 Å². The van der Waals surface area contributed by atoms with Crippen molar-refractivity contribution in [2.45, 2.75) is 29.8 Å². The minimum atomic E-state index is -5.38. The van der Waals surface area contributed by atoms with Crippen LogP contribution in [0.15, 0.2) is 29.2 Å². The van der Waals surface area contributed by atoms with Crippen molar-refractivity contribution in [1.82, 2.24) is 0 Å². The largest absolute Gasteiger partial charge is 0.501 e. The third-order valence-corrected chi connectivity index (χ3v) is 3.76. The first-order valence-corrected chi connectivity index (χ1v) is 6.86. The molecule has 0 radical (unpaired) electrons. The van der Waals surface area contributed by atoms with E-state index in [2.05, 4.69) is 5.32 Å². The average molecular weight is 296 g/mol. The second-order valence-corrected chi connectivity index (χ2v) is 6.70. The van der Waals surface area contributed by atoms with Gasteiger partial charge < -0.3 is 11.1 Å². The normalized spacial score (nSPS) is 13.4. The number of para-hydroxylation sites is 1. The van der Waals surface area contributed by atoms with E-state index in [1.807, 2.05) is 0 Å². The van der Waals surface area contributed by atoms with Gasteiger partial charge in [0.05, 0.1) is 10.6 Å². The van der Waals surface area contributed by atoms with Crippen LogP contribution < -0.4 is 11.1 Å². The molecular weight excluding hydrogens is 281 g/mol. The first kappa shape index (κ1) is 15.8. The summed E-state index contributed by atoms with van der Waals surface area (Å²) >= 11 is 0. The monoisotopic (exact) mass is 296 g/mol. The lowest BCUT2D eigenvalue weighted by Crippen LogP contribution is -2.40. The van der Waals surface area contributed by atoms with E-state index in [0.29, 0.717) is 0 Å². The SMILES string of the molecule is CC(C)(N)CNc1ccccc1S(=O)(=O)C(F)(F)F. The molecule has 0 aliphatic heterocycles. The van der Waals surface area contributed by atoms with E-state index in [-0.39, 0.29) is 12.2 Å². The van der Waals surface area contributed by atoms with Gasteiger partial charge in [0.1, 0.15) is 0 Å². The van der Waals surface area contributed by atoms with Crippen LogP contribution in [0.2, 0.25) is 0 Å². The van der Waals surface area contributed by atoms with Crippen molar-refractivity contribution in [2.75, 3.05) is 11.9 Å². The quantitative estimate of drug-likeness (QED) is 0.893. The third kappa shape index (κ3) is 3.84. The van der Waals surface area contributed by atoms with Crippen molar-refractivity contribution >= 4 is 15.5 Å². The zero-order valence-corrected chi connectivity index (χ0v) is 11.3. The highest BCUT2D eigenvalue weighted by molar-refractivity contribution is 7.92. The predicted molar refractivity (Wildman–Crippen MR) is 66.4 cm³/mol. The second kappa shape index (κ2) is 5.01. The number of anilines is 1. The molecule has 4 nitrogen and oxygen atoms in total. The Bertz CT molecular complexity index is 548. The number of alkyl halides is 3. The van der Waals surface area contributed by atoms with Gasteiger partial charge >= 0.3 is 5.51 Å². The highest BCUT2D eigenvalue weighted by Gasteiger charge is 2.47. The molecule has 1 rings (SSSR count). The van der Waals surface area contributed by atoms with Crippen molar-refractivity contribution in [3.05, 3.63) is 24.3 Å². The maximum Gasteiger partial charge on any atom is 0.501 e. The standard InChI is InChI=1S/C11H15F3N2O2S/c1-10(2,15)7-16-8-5-3-4-6-9(8)19(17,18)11(12,13)14/h3-6,16H,7,15H2,1-2H3. The van der Waals surface area contributed by atoms with Crippen LogP contribution >= 0.6 is 0 Å². The molecule has 0 saturated heterocycles. The zero-order chi connectivity index (χ0) is 14.9. The number of nitrogens with two attached hydrogens (primary N) is 1. The van der Waals surface area contributed by atoms with Crippen LogP contribution in [0.1, 0.15) is 13.8 Å². The molecule has 19 heavy (non-hydrogen) atoms. The van der Waals surface area contributed by atoms with Gasteiger partial charge in [-0.3, -0.25) is 0 Å². The second-order valence-electron chi connectivity index (χ2n) is 4.79. The molecule has 3 N–H and O–H groups in total. The molecule has 0 bridgehead atoms. The number of halogens is 3. The van der Waals surface area contributed by atoms with Gasteiger partial charge in [0.15, 0.2) is 0 Å². The lowest BCUT2D eigenvalue weighted by atomic mass is 10.1. The summed E-state index contributed by atoms with van der Waals surface area (Å²) in [5.41, 5.74) is -0.434. The maximum absolute atomic E-state index is 12.5. The number of sulfone groups is 1. The van der Waals surface area contributed by atoms with Gasteiger partial charge in [-0.05, 0) is 26.0 Å². The molecule has 0 spiro atoms. The van der Waals surface area contributed by atoms with E-state index in [4.69, 9.17) is 5.73 Å². The van der Waals surface area contributed by atoms with E-state index in [0.717, 1.165) is 6.07 Å². The van der Waals surface area contributed by atoms with Crippen LogP contribution in [0.3, 0.4) is 0 Å². The summed E-state index contributed by atoms with van der Waals surface area (Å²) in [7, 11) is -5.38. The fourth-order valence-electron chi connectivity index (χ4n) is 1.29. The number of hydrogen-bond acceptors (Lipinski definition) is 4. The summed E-state index contributed by atoms with van der Waals surface area (Å²) in [6.45, 7) is 3.47. The van der Waals surface area contributed by atoms with Crippen molar-refractivity contribution in [3.63, 3.8) is 0 Å². The van der Waals surface area contributed by atoms with Crippen LogP contribution in [0.4, 0.5) is 18.9 Å². The van der Waals surface area contributed by atoms with Crippen molar-refractivity contribution in [2.24, 2.45) is 5.73 Å². The summed E-state index contributed by atoms with van der Waals surface area (Å²) in [5, 5.41) is 2.63. The highest BCUT2D eigenvalue weighted by Crippen LogP contribution is 2.34. The van der Waals surface area contributed by atoms with Gasteiger partial charge in [-0.25, -0.2) is 8.42 Å². The van der Waals surface area contributed by atoms with Gasteiger partial charge in [0, 0.05) is 12.1 Å². The molecule has 0 aliphatic rings. The first-order chi connectivity index (χ1) is 8.45. The Morgan fingerprint density at radius 3 is 2.21 bits per heavy atom. The summed E-state index contributed by atoms with van der Waals surface area (Å²) in [6.07, 6.45) is 0. The zero-order valence-electron chi connectivity index (χ0n) is 10.5. The van der Waals surface area contributed by atoms with E-state index in [1.165, 1.54) is 18.2 Å². The van der Waals surface area contributed by atoms with Crippen LogP contribution in [-0.2, 0) is 9.84 Å². The van der Waals surface area contributed by atoms with Crippen LogP contribution in [0, 0.1) is 0 Å². The van der Waals surface area contributed by atoms with Crippen LogP contribution in [-0.4, -0.2) is 26.0 Å². The van der Waals surface area contributed by atoms with Crippen molar-refractivity contribution in [1.29, 1.82) is 0 Å². The smallest absolute Gasteiger partial charge is 0.382 e. The van der Waals surface area contributed by atoms with Crippen molar-refractivity contribution in [3.8, 4) is 0 Å². The van der Waals surface area contributed by atoms with E-state index in [1.54, 1.807) is 13.8 Å². The minimum absolute atomic E-state index is 0.113. The minimum Gasteiger partial charge on any atom is -0.382 e. The predicted octanol–water partition coefficient (Wildman–Crippen LogP) is 2.13. The van der Waals surface area contributed by atoms with Gasteiger partial charge in [-0.2, -0.15) is 13.2 Å². The van der Waals surface area contributed by atoms with Crippen LogP contribution in [0.25, 0.3) is 0 Å². The lowest BCUT2D eigenvalue weighted by molar-refractivity contribution is -0.0435. The van der Waals surface area contributed by atoms with E-state index < -0.39 is 25.8 Å². The molecule has 0 fully saturated rings. The van der Waals surface area contributed by atoms with Gasteiger partial charge in [0.2, 0.25) is 0 Å². The fraction of sp³-hybridized carbons (Fsp3) is 0.455. The molecule has 0 aliphatic carbocycles. The third-order valence-electron chi connectivity index (χ3n) is 2.22. The molecule has 0 unspecified atom stereocenters. The van der Waals surface area contributed by atoms with Gasteiger partial charge in [0.25, 0.3) is 9.84 Å². The number of nitrogens with one attached hydrogen (secondary N) is 1. The number of rotatable bonds is 4. The topological polar surface area (TPSA) is 72.2 Å². The first-order valence-electron chi connectivity index (χ1n) is 5.38. The molecule has 0 aromatic heterocycles.